The van der Waals surface area contributed by atoms with Crippen LogP contribution in [0.25, 0.3) is 136 Å². The second kappa shape index (κ2) is 12.5. The molecule has 0 aliphatic carbocycles. The number of hydrogen-bond donors (Lipinski definition) is 0. The highest BCUT2D eigenvalue weighted by molar-refractivity contribution is 6.40. The van der Waals surface area contributed by atoms with Gasteiger partial charge in [-0.25, -0.2) is 0 Å². The lowest BCUT2D eigenvalue weighted by molar-refractivity contribution is 0.591. The number of benzene rings is 10. The van der Waals surface area contributed by atoms with E-state index in [0.717, 1.165) is 0 Å². The monoisotopic (exact) mass is 857 g/mol. The quantitative estimate of drug-likeness (QED) is 0.164. The Bertz CT molecular complexity index is 4620. The first-order valence-electron chi connectivity index (χ1n) is 23.8. The van der Waals surface area contributed by atoms with Crippen LogP contribution in [0.2, 0.25) is 0 Å². The molecule has 0 aliphatic rings. The lowest BCUT2D eigenvalue weighted by Gasteiger charge is -2.22. The largest absolute Gasteiger partial charge is 0.309 e. The Balaban J connectivity index is 1.14. The summed E-state index contributed by atoms with van der Waals surface area (Å²) in [7, 11) is 0. The minimum absolute atomic E-state index is 0.0700. The minimum Gasteiger partial charge on any atom is -0.309 e. The summed E-state index contributed by atoms with van der Waals surface area (Å²) < 4.78 is 7.67. The first-order chi connectivity index (χ1) is 32.5. The summed E-state index contributed by atoms with van der Waals surface area (Å²) in [5, 5.41) is 18.3. The molecule has 0 fully saturated rings. The van der Waals surface area contributed by atoms with Crippen molar-refractivity contribution in [2.75, 3.05) is 0 Å². The molecule has 0 saturated heterocycles. The first-order valence-corrected chi connectivity index (χ1v) is 23.8. The Labute approximate surface area is 387 Å². The summed E-state index contributed by atoms with van der Waals surface area (Å²) in [4.78, 5) is 0. The van der Waals surface area contributed by atoms with E-state index in [2.05, 4.69) is 231 Å². The number of rotatable bonds is 2. The van der Waals surface area contributed by atoms with Crippen molar-refractivity contribution >= 4 is 120 Å². The topological polar surface area (TPSA) is 13.8 Å². The Morgan fingerprint density at radius 1 is 0.313 bits per heavy atom. The average molecular weight is 858 g/mol. The maximum absolute atomic E-state index is 2.66. The molecule has 3 nitrogen and oxygen atoms in total. The van der Waals surface area contributed by atoms with E-state index in [9.17, 15) is 0 Å². The van der Waals surface area contributed by atoms with Crippen molar-refractivity contribution in [1.29, 1.82) is 0 Å². The Morgan fingerprint density at radius 2 is 0.866 bits per heavy atom. The fourth-order valence-corrected chi connectivity index (χ4v) is 12.3. The van der Waals surface area contributed by atoms with Crippen LogP contribution in [0.4, 0.5) is 0 Å². The Kier molecular flexibility index (Phi) is 6.97. The summed E-state index contributed by atoms with van der Waals surface area (Å²) >= 11 is 0. The SMILES string of the molecule is CC(C)(C)c1cc(-c2ccc3c(c2)c2ccccc2n3-c2ccccc2)c2c(c1)c1cc(C(C)(C)C)cc3c4c5c6c7ccccc7cc7c8cc9ccccc9cc8n(c5ccc4n2c13)c76. The van der Waals surface area contributed by atoms with Crippen LogP contribution < -0.4 is 0 Å². The van der Waals surface area contributed by atoms with E-state index in [-0.39, 0.29) is 10.8 Å². The standard InChI is InChI=1S/C64H47N3/c1-63(2,3)40-32-45(39-24-25-53-46(29-39)44-22-14-15-23-52(44)65(53)42-19-8-7-9-20-42)60-49(33-40)50-34-41(64(4,5)6)35-51-57-54(67(60)61(50)51)26-27-55-59(57)58-43-21-13-12-18-38(43)30-48-47-28-36-16-10-11-17-37(36)31-56(47)66(55)62(48)58/h7-35H,1-6H3. The fourth-order valence-electron chi connectivity index (χ4n) is 12.3. The van der Waals surface area contributed by atoms with Gasteiger partial charge in [0.05, 0.1) is 44.1 Å². The van der Waals surface area contributed by atoms with Gasteiger partial charge < -0.3 is 13.4 Å². The molecule has 15 rings (SSSR count). The molecular formula is C64H47N3. The van der Waals surface area contributed by atoms with Gasteiger partial charge in [0.2, 0.25) is 0 Å². The first kappa shape index (κ1) is 37.4. The number of hydrogen-bond acceptors (Lipinski definition) is 0. The van der Waals surface area contributed by atoms with Crippen LogP contribution in [0.1, 0.15) is 52.7 Å². The summed E-state index contributed by atoms with van der Waals surface area (Å²) in [6.07, 6.45) is 0. The molecule has 318 valence electrons. The average Bonchev–Trinajstić information content (AvgIpc) is 4.12. The molecule has 0 bridgehead atoms. The van der Waals surface area contributed by atoms with Gasteiger partial charge in [0, 0.05) is 65.1 Å². The zero-order valence-electron chi connectivity index (χ0n) is 38.6. The number of aromatic nitrogens is 3. The van der Waals surface area contributed by atoms with Gasteiger partial charge in [-0.05, 0) is 134 Å². The third kappa shape index (κ3) is 4.81. The molecule has 15 aromatic rings. The van der Waals surface area contributed by atoms with Gasteiger partial charge in [0.25, 0.3) is 0 Å². The molecule has 5 heterocycles. The van der Waals surface area contributed by atoms with Crippen molar-refractivity contribution in [2.45, 2.75) is 52.4 Å². The van der Waals surface area contributed by atoms with Crippen LogP contribution in [0.15, 0.2) is 176 Å². The molecule has 0 spiro atoms. The molecule has 0 N–H and O–H groups in total. The fraction of sp³-hybridized carbons (Fsp3) is 0.125. The van der Waals surface area contributed by atoms with Crippen molar-refractivity contribution in [1.82, 2.24) is 13.4 Å². The number of nitrogens with zero attached hydrogens (tertiary/aromatic N) is 3. The highest BCUT2D eigenvalue weighted by Crippen LogP contribution is 2.52. The molecule has 0 radical (unpaired) electrons. The zero-order chi connectivity index (χ0) is 44.8. The molecule has 0 unspecified atom stereocenters. The summed E-state index contributed by atoms with van der Waals surface area (Å²) in [5.41, 5.74) is 16.4. The molecule has 0 amide bonds. The van der Waals surface area contributed by atoms with Crippen LogP contribution in [0, 0.1) is 0 Å². The van der Waals surface area contributed by atoms with Crippen molar-refractivity contribution in [3.63, 3.8) is 0 Å². The van der Waals surface area contributed by atoms with Gasteiger partial charge in [-0.15, -0.1) is 0 Å². The summed E-state index contributed by atoms with van der Waals surface area (Å²) in [6.45, 7) is 14.2. The Morgan fingerprint density at radius 3 is 1.63 bits per heavy atom. The number of para-hydroxylation sites is 2. The Hall–Kier alpha value is -7.88. The van der Waals surface area contributed by atoms with Gasteiger partial charge in [-0.3, -0.25) is 0 Å². The third-order valence-electron chi connectivity index (χ3n) is 15.5. The van der Waals surface area contributed by atoms with E-state index < -0.39 is 0 Å². The third-order valence-corrected chi connectivity index (χ3v) is 15.5. The van der Waals surface area contributed by atoms with Crippen LogP contribution in [-0.4, -0.2) is 13.4 Å². The lowest BCUT2D eigenvalue weighted by atomic mass is 9.83. The normalized spacial score (nSPS) is 13.2. The van der Waals surface area contributed by atoms with E-state index in [1.54, 1.807) is 0 Å². The molecule has 0 saturated carbocycles. The van der Waals surface area contributed by atoms with Crippen molar-refractivity contribution in [2.24, 2.45) is 0 Å². The van der Waals surface area contributed by atoms with Crippen molar-refractivity contribution in [3.8, 4) is 16.8 Å². The van der Waals surface area contributed by atoms with Crippen LogP contribution in [0.5, 0.6) is 0 Å². The smallest absolute Gasteiger partial charge is 0.0627 e. The molecule has 10 aromatic carbocycles. The van der Waals surface area contributed by atoms with E-state index in [4.69, 9.17) is 0 Å². The van der Waals surface area contributed by atoms with Crippen LogP contribution >= 0.6 is 0 Å². The molecule has 0 atom stereocenters. The van der Waals surface area contributed by atoms with E-state index >= 15 is 0 Å². The van der Waals surface area contributed by atoms with Crippen LogP contribution in [-0.2, 0) is 10.8 Å². The van der Waals surface area contributed by atoms with Gasteiger partial charge in [0.1, 0.15) is 0 Å². The molecule has 3 heteroatoms. The van der Waals surface area contributed by atoms with Gasteiger partial charge in [-0.2, -0.15) is 0 Å². The minimum atomic E-state index is -0.0719. The van der Waals surface area contributed by atoms with E-state index in [1.165, 1.54) is 147 Å². The summed E-state index contributed by atoms with van der Waals surface area (Å²) in [6, 6.07) is 67.0. The lowest BCUT2D eigenvalue weighted by Crippen LogP contribution is -2.11. The number of fused-ring (bicyclic) bond motifs is 19. The molecule has 5 aromatic heterocycles. The van der Waals surface area contributed by atoms with Crippen molar-refractivity contribution in [3.05, 3.63) is 187 Å². The van der Waals surface area contributed by atoms with Gasteiger partial charge >= 0.3 is 0 Å². The predicted octanol–water partition coefficient (Wildman–Crippen LogP) is 17.7. The summed E-state index contributed by atoms with van der Waals surface area (Å²) in [5.74, 6) is 0. The molecule has 0 aliphatic heterocycles. The molecular weight excluding hydrogens is 811 g/mol. The van der Waals surface area contributed by atoms with Crippen molar-refractivity contribution < 1.29 is 0 Å². The van der Waals surface area contributed by atoms with E-state index in [1.807, 2.05) is 0 Å². The van der Waals surface area contributed by atoms with Gasteiger partial charge in [-0.1, -0.05) is 133 Å². The predicted molar refractivity (Wildman–Crippen MR) is 288 cm³/mol. The highest BCUT2D eigenvalue weighted by atomic mass is 15.0. The highest BCUT2D eigenvalue weighted by Gasteiger charge is 2.30. The second-order valence-electron chi connectivity index (χ2n) is 21.4. The van der Waals surface area contributed by atoms with Gasteiger partial charge in [0.15, 0.2) is 0 Å². The second-order valence-corrected chi connectivity index (χ2v) is 21.4. The zero-order valence-corrected chi connectivity index (χ0v) is 38.6. The maximum atomic E-state index is 2.66. The van der Waals surface area contributed by atoms with Crippen LogP contribution in [0.3, 0.4) is 0 Å². The molecule has 67 heavy (non-hydrogen) atoms. The van der Waals surface area contributed by atoms with E-state index in [0.29, 0.717) is 0 Å². The maximum Gasteiger partial charge on any atom is 0.0627 e.